The molecule has 0 radical (unpaired) electrons. The van der Waals surface area contributed by atoms with Crippen molar-refractivity contribution in [2.45, 2.75) is 44.2 Å². The Balaban J connectivity index is 1.66. The Morgan fingerprint density at radius 3 is 2.83 bits per heavy atom. The first-order chi connectivity index (χ1) is 8.84. The van der Waals surface area contributed by atoms with E-state index in [-0.39, 0.29) is 5.91 Å². The highest BCUT2D eigenvalue weighted by molar-refractivity contribution is 5.92. The van der Waals surface area contributed by atoms with Crippen molar-refractivity contribution < 1.29 is 4.79 Å². The molecule has 1 unspecified atom stereocenters. The van der Waals surface area contributed by atoms with E-state index in [0.29, 0.717) is 12.1 Å². The van der Waals surface area contributed by atoms with Gasteiger partial charge in [0.1, 0.15) is 5.69 Å². The molecule has 18 heavy (non-hydrogen) atoms. The number of hydrogen-bond acceptors (Lipinski definition) is 2. The summed E-state index contributed by atoms with van der Waals surface area (Å²) < 4.78 is 0. The van der Waals surface area contributed by atoms with Gasteiger partial charge in [0, 0.05) is 24.8 Å². The van der Waals surface area contributed by atoms with Crippen molar-refractivity contribution in [3.8, 4) is 0 Å². The van der Waals surface area contributed by atoms with Crippen LogP contribution in [0.5, 0.6) is 0 Å². The third-order valence-corrected chi connectivity index (χ3v) is 3.91. The van der Waals surface area contributed by atoms with E-state index in [1.165, 1.54) is 32.1 Å². The molecule has 0 bridgehead atoms. The number of amides is 1. The normalized spacial score (nSPS) is 23.9. The highest BCUT2D eigenvalue weighted by atomic mass is 16.2. The summed E-state index contributed by atoms with van der Waals surface area (Å²) in [6, 6.07) is 4.71. The van der Waals surface area contributed by atoms with E-state index < -0.39 is 0 Å². The summed E-state index contributed by atoms with van der Waals surface area (Å²) in [7, 11) is 0. The van der Waals surface area contributed by atoms with Gasteiger partial charge in [-0.3, -0.25) is 4.79 Å². The van der Waals surface area contributed by atoms with E-state index in [1.807, 2.05) is 18.3 Å². The van der Waals surface area contributed by atoms with Crippen LogP contribution in [-0.2, 0) is 0 Å². The number of H-pyrrole nitrogens is 1. The molecule has 4 nitrogen and oxygen atoms in total. The molecule has 1 aromatic heterocycles. The van der Waals surface area contributed by atoms with E-state index in [2.05, 4.69) is 15.2 Å². The van der Waals surface area contributed by atoms with Gasteiger partial charge < -0.3 is 15.2 Å². The first-order valence-electron chi connectivity index (χ1n) is 7.02. The second kappa shape index (κ2) is 5.14. The molecule has 3 rings (SSSR count). The number of rotatable bonds is 4. The third-order valence-electron chi connectivity index (χ3n) is 3.91. The fourth-order valence-electron chi connectivity index (χ4n) is 2.72. The zero-order chi connectivity index (χ0) is 12.4. The SMILES string of the molecule is O=C(c1ccc[nH]1)N(CC1CCCCN1)C1CC1. The number of hydrogen-bond donors (Lipinski definition) is 2. The molecule has 1 saturated carbocycles. The summed E-state index contributed by atoms with van der Waals surface area (Å²) in [5.41, 5.74) is 0.720. The Bertz CT molecular complexity index is 391. The van der Waals surface area contributed by atoms with Crippen molar-refractivity contribution in [1.29, 1.82) is 0 Å². The Morgan fingerprint density at radius 2 is 2.22 bits per heavy atom. The molecule has 4 heteroatoms. The standard InChI is InChI=1S/C14H21N3O/c18-14(13-5-3-9-16-13)17(12-6-7-12)10-11-4-1-2-8-15-11/h3,5,9,11-12,15-16H,1-2,4,6-8,10H2. The van der Waals surface area contributed by atoms with Gasteiger partial charge in [-0.15, -0.1) is 0 Å². The van der Waals surface area contributed by atoms with Crippen molar-refractivity contribution in [2.24, 2.45) is 0 Å². The predicted molar refractivity (Wildman–Crippen MR) is 70.5 cm³/mol. The Hall–Kier alpha value is -1.29. The topological polar surface area (TPSA) is 48.1 Å². The van der Waals surface area contributed by atoms with Crippen LogP contribution in [0.3, 0.4) is 0 Å². The van der Waals surface area contributed by atoms with Gasteiger partial charge in [-0.2, -0.15) is 0 Å². The molecule has 2 aliphatic rings. The van der Waals surface area contributed by atoms with Crippen molar-refractivity contribution in [3.05, 3.63) is 24.0 Å². The van der Waals surface area contributed by atoms with E-state index in [1.54, 1.807) is 0 Å². The molecular formula is C14H21N3O. The average molecular weight is 247 g/mol. The fraction of sp³-hybridized carbons (Fsp3) is 0.643. The van der Waals surface area contributed by atoms with Crippen LogP contribution < -0.4 is 5.32 Å². The smallest absolute Gasteiger partial charge is 0.270 e. The number of nitrogens with zero attached hydrogens (tertiary/aromatic N) is 1. The first-order valence-corrected chi connectivity index (χ1v) is 7.02. The van der Waals surface area contributed by atoms with Crippen LogP contribution in [0.15, 0.2) is 18.3 Å². The van der Waals surface area contributed by atoms with Gasteiger partial charge in [0.15, 0.2) is 0 Å². The Kier molecular flexibility index (Phi) is 3.37. The van der Waals surface area contributed by atoms with Crippen LogP contribution in [0.25, 0.3) is 0 Å². The van der Waals surface area contributed by atoms with E-state index in [0.717, 1.165) is 18.8 Å². The van der Waals surface area contributed by atoms with Gasteiger partial charge in [0.25, 0.3) is 5.91 Å². The molecular weight excluding hydrogens is 226 g/mol. The van der Waals surface area contributed by atoms with E-state index in [4.69, 9.17) is 0 Å². The quantitative estimate of drug-likeness (QED) is 0.851. The molecule has 2 N–H and O–H groups in total. The second-order valence-corrected chi connectivity index (χ2v) is 5.42. The van der Waals surface area contributed by atoms with Crippen LogP contribution in [0.1, 0.15) is 42.6 Å². The molecule has 2 fully saturated rings. The number of carbonyl (C=O) groups is 1. The molecule has 0 spiro atoms. The molecule has 1 aliphatic heterocycles. The number of aromatic amines is 1. The number of carbonyl (C=O) groups excluding carboxylic acids is 1. The van der Waals surface area contributed by atoms with Crippen LogP contribution in [0, 0.1) is 0 Å². The molecule has 1 saturated heterocycles. The highest BCUT2D eigenvalue weighted by Gasteiger charge is 2.34. The average Bonchev–Trinajstić information content (AvgIpc) is 3.10. The predicted octanol–water partition coefficient (Wildman–Crippen LogP) is 1.76. The minimum atomic E-state index is 0.162. The number of nitrogens with one attached hydrogen (secondary N) is 2. The van der Waals surface area contributed by atoms with Crippen molar-refractivity contribution >= 4 is 5.91 Å². The lowest BCUT2D eigenvalue weighted by Gasteiger charge is -2.30. The number of piperidine rings is 1. The summed E-state index contributed by atoms with van der Waals surface area (Å²) in [5, 5.41) is 3.53. The summed E-state index contributed by atoms with van der Waals surface area (Å²) in [6.45, 7) is 1.96. The minimum absolute atomic E-state index is 0.162. The Labute approximate surface area is 108 Å². The lowest BCUT2D eigenvalue weighted by molar-refractivity contribution is 0.0712. The molecule has 98 valence electrons. The summed E-state index contributed by atoms with van der Waals surface area (Å²) in [5.74, 6) is 0.162. The second-order valence-electron chi connectivity index (χ2n) is 5.42. The molecule has 1 amide bonds. The minimum Gasteiger partial charge on any atom is -0.357 e. The lowest BCUT2D eigenvalue weighted by Crippen LogP contribution is -2.46. The van der Waals surface area contributed by atoms with Crippen LogP contribution in [-0.4, -0.2) is 41.0 Å². The zero-order valence-electron chi connectivity index (χ0n) is 10.7. The van der Waals surface area contributed by atoms with Crippen molar-refractivity contribution in [1.82, 2.24) is 15.2 Å². The van der Waals surface area contributed by atoms with E-state index in [9.17, 15) is 4.79 Å². The van der Waals surface area contributed by atoms with Gasteiger partial charge in [-0.1, -0.05) is 6.42 Å². The largest absolute Gasteiger partial charge is 0.357 e. The summed E-state index contributed by atoms with van der Waals surface area (Å²) in [6.07, 6.45) is 7.90. The van der Waals surface area contributed by atoms with Gasteiger partial charge in [-0.05, 0) is 44.4 Å². The first kappa shape index (κ1) is 11.8. The van der Waals surface area contributed by atoms with Gasteiger partial charge >= 0.3 is 0 Å². The monoisotopic (exact) mass is 247 g/mol. The van der Waals surface area contributed by atoms with Crippen LogP contribution in [0.4, 0.5) is 0 Å². The molecule has 1 aromatic rings. The van der Waals surface area contributed by atoms with Crippen LogP contribution in [0.2, 0.25) is 0 Å². The van der Waals surface area contributed by atoms with Crippen LogP contribution >= 0.6 is 0 Å². The third kappa shape index (κ3) is 2.58. The maximum Gasteiger partial charge on any atom is 0.270 e. The Morgan fingerprint density at radius 1 is 1.33 bits per heavy atom. The maximum absolute atomic E-state index is 12.4. The molecule has 1 aliphatic carbocycles. The summed E-state index contributed by atoms with van der Waals surface area (Å²) >= 11 is 0. The maximum atomic E-state index is 12.4. The zero-order valence-corrected chi connectivity index (χ0v) is 10.7. The fourth-order valence-corrected chi connectivity index (χ4v) is 2.72. The highest BCUT2D eigenvalue weighted by Crippen LogP contribution is 2.28. The number of aromatic nitrogens is 1. The van der Waals surface area contributed by atoms with Crippen molar-refractivity contribution in [2.75, 3.05) is 13.1 Å². The molecule has 0 aromatic carbocycles. The van der Waals surface area contributed by atoms with Gasteiger partial charge in [-0.25, -0.2) is 0 Å². The lowest BCUT2D eigenvalue weighted by atomic mass is 10.0. The van der Waals surface area contributed by atoms with Gasteiger partial charge in [0.2, 0.25) is 0 Å². The van der Waals surface area contributed by atoms with Crippen molar-refractivity contribution in [3.63, 3.8) is 0 Å². The molecule has 2 heterocycles. The summed E-state index contributed by atoms with van der Waals surface area (Å²) in [4.78, 5) is 17.5. The van der Waals surface area contributed by atoms with Gasteiger partial charge in [0.05, 0.1) is 0 Å². The molecule has 1 atom stereocenters. The van der Waals surface area contributed by atoms with E-state index >= 15 is 0 Å².